The number of hydroxylamine groups is 1. The number of nitrogens with zero attached hydrogens (tertiary/aromatic N) is 2. The minimum atomic E-state index is 0.669. The summed E-state index contributed by atoms with van der Waals surface area (Å²) in [7, 11) is 0. The second-order valence-electron chi connectivity index (χ2n) is 1.48. The van der Waals surface area contributed by atoms with Crippen LogP contribution in [0.15, 0.2) is 5.29 Å². The number of rotatable bonds is 2. The van der Waals surface area contributed by atoms with Crippen molar-refractivity contribution in [2.24, 2.45) is 5.29 Å². The van der Waals surface area contributed by atoms with Gasteiger partial charge in [0.15, 0.2) is 0 Å². The summed E-state index contributed by atoms with van der Waals surface area (Å²) in [5.41, 5.74) is 2.12. The van der Waals surface area contributed by atoms with Gasteiger partial charge in [-0.2, -0.15) is 5.53 Å². The molecule has 0 aromatic carbocycles. The molecule has 0 aliphatic carbocycles. The number of hydrogen-bond donors (Lipinski definition) is 1. The van der Waals surface area contributed by atoms with E-state index in [1.165, 1.54) is 5.17 Å². The molecule has 5 nitrogen and oxygen atoms in total. The first kappa shape index (κ1) is 5.46. The van der Waals surface area contributed by atoms with E-state index in [4.69, 9.17) is 4.84 Å². The summed E-state index contributed by atoms with van der Waals surface area (Å²) in [6, 6.07) is 0. The van der Waals surface area contributed by atoms with Gasteiger partial charge >= 0.3 is 0 Å². The van der Waals surface area contributed by atoms with E-state index in [0.717, 1.165) is 13.0 Å². The summed E-state index contributed by atoms with van der Waals surface area (Å²) >= 11 is 0. The second kappa shape index (κ2) is 2.58. The van der Waals surface area contributed by atoms with Gasteiger partial charge in [0.05, 0.1) is 11.9 Å². The molecule has 1 saturated heterocycles. The highest BCUT2D eigenvalue weighted by Crippen LogP contribution is 1.98. The van der Waals surface area contributed by atoms with Crippen molar-refractivity contribution in [2.75, 3.05) is 13.2 Å². The highest BCUT2D eigenvalue weighted by atomic mass is 16.7. The van der Waals surface area contributed by atoms with Crippen molar-refractivity contribution in [1.82, 2.24) is 10.7 Å². The Balaban J connectivity index is 2.14. The molecule has 1 fully saturated rings. The molecule has 0 saturated carbocycles. The lowest BCUT2D eigenvalue weighted by molar-refractivity contribution is -0.150. The molecule has 1 N–H and O–H groups in total. The monoisotopic (exact) mass is 117 g/mol. The molecule has 1 aliphatic heterocycles. The number of nitrogens with one attached hydrogen (secondary N) is 1. The van der Waals surface area contributed by atoms with Crippen LogP contribution in [0.1, 0.15) is 6.42 Å². The van der Waals surface area contributed by atoms with Gasteiger partial charge in [0.25, 0.3) is 0 Å². The van der Waals surface area contributed by atoms with Crippen LogP contribution in [0, 0.1) is 4.91 Å². The fourth-order valence-electron chi connectivity index (χ4n) is 0.572. The van der Waals surface area contributed by atoms with Crippen LogP contribution >= 0.6 is 0 Å². The molecule has 1 aliphatic rings. The Morgan fingerprint density at radius 3 is 3.12 bits per heavy atom. The second-order valence-corrected chi connectivity index (χ2v) is 1.48. The summed E-state index contributed by atoms with van der Waals surface area (Å²) in [5.74, 6) is 0. The van der Waals surface area contributed by atoms with Gasteiger partial charge in [-0.05, 0) is 6.42 Å². The van der Waals surface area contributed by atoms with Crippen LogP contribution in [0.25, 0.3) is 0 Å². The number of hydrazine groups is 1. The molecule has 0 bridgehead atoms. The van der Waals surface area contributed by atoms with Gasteiger partial charge < -0.3 is 0 Å². The molecule has 0 atom stereocenters. The molecule has 1 heterocycles. The fraction of sp³-hybridized carbons (Fsp3) is 1.00. The van der Waals surface area contributed by atoms with Crippen LogP contribution in [0.4, 0.5) is 0 Å². The Labute approximate surface area is 46.5 Å². The minimum absolute atomic E-state index is 0.669. The van der Waals surface area contributed by atoms with Gasteiger partial charge in [-0.3, -0.25) is 4.84 Å². The molecule has 8 heavy (non-hydrogen) atoms. The van der Waals surface area contributed by atoms with Crippen molar-refractivity contribution in [1.29, 1.82) is 0 Å². The van der Waals surface area contributed by atoms with E-state index in [-0.39, 0.29) is 0 Å². The minimum Gasteiger partial charge on any atom is -0.278 e. The maximum Gasteiger partial charge on any atom is 0.0721 e. The zero-order valence-electron chi connectivity index (χ0n) is 4.33. The van der Waals surface area contributed by atoms with E-state index < -0.39 is 0 Å². The third kappa shape index (κ3) is 1.14. The maximum atomic E-state index is 9.48. The molecule has 0 spiro atoms. The quantitative estimate of drug-likeness (QED) is 0.402. The lowest BCUT2D eigenvalue weighted by atomic mass is 10.5. The standard InChI is InChI=1S/C3H7N3O2/c7-5-4-6-2-1-3-8-6/h1-3H2,(H,4,7). The van der Waals surface area contributed by atoms with Crippen molar-refractivity contribution in [3.63, 3.8) is 0 Å². The average molecular weight is 117 g/mol. The Kier molecular flexibility index (Phi) is 1.76. The molecular weight excluding hydrogens is 110 g/mol. The molecule has 0 unspecified atom stereocenters. The van der Waals surface area contributed by atoms with Crippen molar-refractivity contribution >= 4 is 0 Å². The van der Waals surface area contributed by atoms with E-state index in [1.54, 1.807) is 0 Å². The molecule has 0 aromatic heterocycles. The van der Waals surface area contributed by atoms with Crippen LogP contribution in [-0.2, 0) is 4.84 Å². The van der Waals surface area contributed by atoms with E-state index in [9.17, 15) is 4.91 Å². The third-order valence-corrected chi connectivity index (χ3v) is 0.905. The first-order valence-corrected chi connectivity index (χ1v) is 2.42. The van der Waals surface area contributed by atoms with E-state index >= 15 is 0 Å². The van der Waals surface area contributed by atoms with Crippen molar-refractivity contribution in [3.05, 3.63) is 4.91 Å². The highest BCUT2D eigenvalue weighted by molar-refractivity contribution is 4.45. The third-order valence-electron chi connectivity index (χ3n) is 0.905. The Hall–Kier alpha value is -0.680. The van der Waals surface area contributed by atoms with Crippen LogP contribution in [0.2, 0.25) is 0 Å². The van der Waals surface area contributed by atoms with Gasteiger partial charge in [0.2, 0.25) is 0 Å². The molecule has 0 radical (unpaired) electrons. The van der Waals surface area contributed by atoms with Gasteiger partial charge in [-0.15, -0.1) is 4.91 Å². The lowest BCUT2D eigenvalue weighted by Crippen LogP contribution is -2.29. The Morgan fingerprint density at radius 1 is 1.75 bits per heavy atom. The van der Waals surface area contributed by atoms with Crippen molar-refractivity contribution < 1.29 is 4.84 Å². The van der Waals surface area contributed by atoms with Crippen LogP contribution < -0.4 is 5.53 Å². The van der Waals surface area contributed by atoms with Crippen LogP contribution in [-0.4, -0.2) is 18.3 Å². The normalized spacial score (nSPS) is 21.0. The summed E-state index contributed by atoms with van der Waals surface area (Å²) < 4.78 is 0. The zero-order chi connectivity index (χ0) is 5.82. The number of nitroso groups, excluding NO2 is 1. The van der Waals surface area contributed by atoms with Crippen molar-refractivity contribution in [3.8, 4) is 0 Å². The largest absolute Gasteiger partial charge is 0.278 e. The van der Waals surface area contributed by atoms with Gasteiger partial charge in [0.1, 0.15) is 0 Å². The molecular formula is C3H7N3O2. The van der Waals surface area contributed by atoms with E-state index in [2.05, 4.69) is 10.8 Å². The average Bonchev–Trinajstić information content (AvgIpc) is 2.19. The van der Waals surface area contributed by atoms with E-state index in [0.29, 0.717) is 6.61 Å². The van der Waals surface area contributed by atoms with E-state index in [1.807, 2.05) is 0 Å². The smallest absolute Gasteiger partial charge is 0.0721 e. The Morgan fingerprint density at radius 2 is 2.62 bits per heavy atom. The van der Waals surface area contributed by atoms with Crippen molar-refractivity contribution in [2.45, 2.75) is 6.42 Å². The number of hydrogen-bond acceptors (Lipinski definition) is 4. The molecule has 46 valence electrons. The maximum absolute atomic E-state index is 9.48. The molecule has 1 rings (SSSR count). The summed E-state index contributed by atoms with van der Waals surface area (Å²) in [6.07, 6.45) is 0.947. The molecule has 5 heteroatoms. The predicted molar refractivity (Wildman–Crippen MR) is 26.2 cm³/mol. The van der Waals surface area contributed by atoms with Gasteiger partial charge in [-0.25, -0.2) is 0 Å². The summed E-state index contributed by atoms with van der Waals surface area (Å²) in [6.45, 7) is 1.40. The zero-order valence-corrected chi connectivity index (χ0v) is 4.33. The topological polar surface area (TPSA) is 53.9 Å². The lowest BCUT2D eigenvalue weighted by Gasteiger charge is -2.07. The molecule has 0 amide bonds. The first-order valence-electron chi connectivity index (χ1n) is 2.42. The summed E-state index contributed by atoms with van der Waals surface area (Å²) in [5, 5.41) is 3.73. The van der Waals surface area contributed by atoms with Gasteiger partial charge in [0, 0.05) is 6.54 Å². The SMILES string of the molecule is O=NNN1CCCO1. The highest BCUT2D eigenvalue weighted by Gasteiger charge is 2.10. The summed E-state index contributed by atoms with van der Waals surface area (Å²) in [4.78, 5) is 14.3. The first-order chi connectivity index (χ1) is 3.93. The predicted octanol–water partition coefficient (Wildman–Crippen LogP) is -0.190. The molecule has 0 aromatic rings. The van der Waals surface area contributed by atoms with Crippen LogP contribution in [0.3, 0.4) is 0 Å². The fourth-order valence-corrected chi connectivity index (χ4v) is 0.572. The van der Waals surface area contributed by atoms with Gasteiger partial charge in [-0.1, -0.05) is 5.17 Å². The van der Waals surface area contributed by atoms with Crippen LogP contribution in [0.5, 0.6) is 0 Å². The Bertz CT molecular complexity index is 80.6.